The zero-order valence-electron chi connectivity index (χ0n) is 16.1. The predicted octanol–water partition coefficient (Wildman–Crippen LogP) is 4.81. The molecule has 4 aromatic rings. The lowest BCUT2D eigenvalue weighted by Crippen LogP contribution is -2.13. The molecule has 30 heavy (non-hydrogen) atoms. The summed E-state index contributed by atoms with van der Waals surface area (Å²) in [6.07, 6.45) is 0. The van der Waals surface area contributed by atoms with Crippen LogP contribution in [0.25, 0.3) is 11.3 Å². The van der Waals surface area contributed by atoms with Crippen LogP contribution in [0.5, 0.6) is 5.75 Å². The van der Waals surface area contributed by atoms with Gasteiger partial charge in [0.25, 0.3) is 11.1 Å². The van der Waals surface area contributed by atoms with Crippen molar-refractivity contribution in [3.05, 3.63) is 71.4 Å². The second-order valence-corrected chi connectivity index (χ2v) is 8.09. The number of carbonyl (C=O) groups excluding carboxylic acids is 1. The van der Waals surface area contributed by atoms with Crippen molar-refractivity contribution in [2.75, 3.05) is 11.1 Å². The number of aromatic nitrogens is 3. The molecule has 0 aliphatic rings. The molecule has 4 rings (SSSR count). The summed E-state index contributed by atoms with van der Waals surface area (Å²) < 4.78 is 11.1. The number of aryl methyl sites for hydroxylation is 1. The third-order valence-electron chi connectivity index (χ3n) is 3.98. The highest BCUT2D eigenvalue weighted by Gasteiger charge is 2.12. The van der Waals surface area contributed by atoms with Crippen molar-refractivity contribution in [1.82, 2.24) is 15.2 Å². The van der Waals surface area contributed by atoms with Gasteiger partial charge in [0.2, 0.25) is 5.91 Å². The fraction of sp³-hybridized carbons (Fsp3) is 0.143. The Kier molecular flexibility index (Phi) is 6.41. The summed E-state index contributed by atoms with van der Waals surface area (Å²) in [6.45, 7) is 2.18. The Balaban J connectivity index is 1.24. The van der Waals surface area contributed by atoms with Gasteiger partial charge in [-0.3, -0.25) is 4.79 Å². The van der Waals surface area contributed by atoms with Crippen LogP contribution in [0.2, 0.25) is 0 Å². The zero-order valence-corrected chi connectivity index (χ0v) is 17.7. The normalized spacial score (nSPS) is 10.7. The van der Waals surface area contributed by atoms with Gasteiger partial charge in [0, 0.05) is 10.9 Å². The lowest BCUT2D eigenvalue weighted by molar-refractivity contribution is -0.113. The third-order valence-corrected chi connectivity index (χ3v) is 5.55. The molecule has 0 radical (unpaired) electrons. The number of hydrogen-bond donors (Lipinski definition) is 1. The van der Waals surface area contributed by atoms with E-state index in [4.69, 9.17) is 9.15 Å². The van der Waals surface area contributed by atoms with Crippen LogP contribution in [0.4, 0.5) is 5.13 Å². The first-order valence-corrected chi connectivity index (χ1v) is 11.0. The summed E-state index contributed by atoms with van der Waals surface area (Å²) in [5.74, 6) is 1.03. The zero-order chi connectivity index (χ0) is 20.8. The largest absolute Gasteiger partial charge is 0.484 e. The van der Waals surface area contributed by atoms with E-state index >= 15 is 0 Å². The Bertz CT molecular complexity index is 1110. The number of amides is 1. The first-order valence-electron chi connectivity index (χ1n) is 9.11. The average Bonchev–Trinajstić information content (AvgIpc) is 3.42. The van der Waals surface area contributed by atoms with E-state index in [2.05, 4.69) is 20.5 Å². The van der Waals surface area contributed by atoms with E-state index < -0.39 is 0 Å². The summed E-state index contributed by atoms with van der Waals surface area (Å²) in [5, 5.41) is 13.5. The molecule has 0 aliphatic heterocycles. The van der Waals surface area contributed by atoms with Crippen molar-refractivity contribution in [2.24, 2.45) is 0 Å². The number of nitrogens with one attached hydrogen (secondary N) is 1. The van der Waals surface area contributed by atoms with Crippen LogP contribution in [0, 0.1) is 6.92 Å². The number of rotatable bonds is 8. The third kappa shape index (κ3) is 5.46. The van der Waals surface area contributed by atoms with Gasteiger partial charge in [0.15, 0.2) is 11.7 Å². The second kappa shape index (κ2) is 9.55. The Morgan fingerprint density at radius 1 is 1.13 bits per heavy atom. The van der Waals surface area contributed by atoms with E-state index in [-0.39, 0.29) is 18.3 Å². The van der Waals surface area contributed by atoms with Gasteiger partial charge in [-0.05, 0) is 19.1 Å². The van der Waals surface area contributed by atoms with E-state index in [0.29, 0.717) is 16.2 Å². The highest BCUT2D eigenvalue weighted by Crippen LogP contribution is 2.25. The monoisotopic (exact) mass is 438 g/mol. The maximum atomic E-state index is 12.2. The summed E-state index contributed by atoms with van der Waals surface area (Å²) in [7, 11) is 0. The highest BCUT2D eigenvalue weighted by atomic mass is 32.2. The van der Waals surface area contributed by atoms with Crippen LogP contribution in [-0.4, -0.2) is 26.8 Å². The smallest absolute Gasteiger partial charge is 0.277 e. The van der Waals surface area contributed by atoms with Crippen molar-refractivity contribution in [3.8, 4) is 17.0 Å². The number of thioether (sulfide) groups is 1. The molecule has 7 nitrogen and oxygen atoms in total. The van der Waals surface area contributed by atoms with Crippen LogP contribution < -0.4 is 10.1 Å². The molecular formula is C21H18N4O3S2. The van der Waals surface area contributed by atoms with E-state index in [1.165, 1.54) is 11.3 Å². The summed E-state index contributed by atoms with van der Waals surface area (Å²) in [5.41, 5.74) is 3.00. The molecule has 1 N–H and O–H groups in total. The Hall–Kier alpha value is -3.17. The van der Waals surface area contributed by atoms with Gasteiger partial charge in [0.05, 0.1) is 11.4 Å². The lowest BCUT2D eigenvalue weighted by Gasteiger charge is -2.02. The van der Waals surface area contributed by atoms with Gasteiger partial charge in [0.1, 0.15) is 5.75 Å². The minimum Gasteiger partial charge on any atom is -0.484 e. The minimum atomic E-state index is -0.190. The van der Waals surface area contributed by atoms with Gasteiger partial charge >= 0.3 is 0 Å². The maximum absolute atomic E-state index is 12.2. The van der Waals surface area contributed by atoms with Crippen LogP contribution in [0.15, 0.2) is 69.6 Å². The number of anilines is 1. The highest BCUT2D eigenvalue weighted by molar-refractivity contribution is 7.99. The second-order valence-electron chi connectivity index (χ2n) is 6.30. The summed E-state index contributed by atoms with van der Waals surface area (Å²) in [6, 6.07) is 17.5. The molecule has 2 heterocycles. The Labute approximate surface area is 181 Å². The van der Waals surface area contributed by atoms with Crippen LogP contribution in [0.3, 0.4) is 0 Å². The molecule has 2 aromatic carbocycles. The number of ether oxygens (including phenoxy) is 1. The molecule has 0 aliphatic carbocycles. The quantitative estimate of drug-likeness (QED) is 0.395. The lowest BCUT2D eigenvalue weighted by atomic mass is 10.2. The van der Waals surface area contributed by atoms with Crippen molar-refractivity contribution < 1.29 is 13.9 Å². The molecule has 0 saturated heterocycles. The van der Waals surface area contributed by atoms with Crippen LogP contribution in [0.1, 0.15) is 11.5 Å². The number of benzene rings is 2. The molecule has 0 spiro atoms. The van der Waals surface area contributed by atoms with Crippen molar-refractivity contribution >= 4 is 34.1 Å². The molecule has 0 fully saturated rings. The van der Waals surface area contributed by atoms with E-state index in [0.717, 1.165) is 34.3 Å². The molecular weight excluding hydrogens is 420 g/mol. The first kappa shape index (κ1) is 20.1. The number of nitrogens with zero attached hydrogens (tertiary/aromatic N) is 3. The van der Waals surface area contributed by atoms with Gasteiger partial charge < -0.3 is 14.5 Å². The van der Waals surface area contributed by atoms with Crippen molar-refractivity contribution in [1.29, 1.82) is 0 Å². The van der Waals surface area contributed by atoms with Gasteiger partial charge in [-0.1, -0.05) is 59.8 Å². The van der Waals surface area contributed by atoms with Crippen LogP contribution in [-0.2, 0) is 11.4 Å². The van der Waals surface area contributed by atoms with Crippen molar-refractivity contribution in [2.45, 2.75) is 18.8 Å². The SMILES string of the molecule is Cc1ccc(OCc2nnc(SCC(=O)Nc3nc(-c4ccccc4)cs3)o2)cc1. The minimum absolute atomic E-state index is 0.140. The Morgan fingerprint density at radius 3 is 2.73 bits per heavy atom. The summed E-state index contributed by atoms with van der Waals surface area (Å²) in [4.78, 5) is 16.6. The standard InChI is InChI=1S/C21H18N4O3S2/c1-14-7-9-16(10-8-14)27-11-19-24-25-21(28-19)30-13-18(26)23-20-22-17(12-29-20)15-5-3-2-4-6-15/h2-10,12H,11,13H2,1H3,(H,22,23,26). The van der Waals surface area contributed by atoms with E-state index in [9.17, 15) is 4.79 Å². The molecule has 1 amide bonds. The summed E-state index contributed by atoms with van der Waals surface area (Å²) >= 11 is 2.55. The maximum Gasteiger partial charge on any atom is 0.277 e. The fourth-order valence-electron chi connectivity index (χ4n) is 2.49. The molecule has 9 heteroatoms. The van der Waals surface area contributed by atoms with Gasteiger partial charge in [-0.2, -0.15) is 0 Å². The Morgan fingerprint density at radius 2 is 1.93 bits per heavy atom. The topological polar surface area (TPSA) is 90.1 Å². The average molecular weight is 439 g/mol. The molecule has 0 saturated carbocycles. The predicted molar refractivity (Wildman–Crippen MR) is 117 cm³/mol. The van der Waals surface area contributed by atoms with E-state index in [1.807, 2.05) is 66.9 Å². The first-order chi connectivity index (χ1) is 14.7. The number of hydrogen-bond acceptors (Lipinski definition) is 8. The van der Waals surface area contributed by atoms with Gasteiger partial charge in [-0.25, -0.2) is 4.98 Å². The van der Waals surface area contributed by atoms with E-state index in [1.54, 1.807) is 0 Å². The fourth-order valence-corrected chi connectivity index (χ4v) is 3.81. The number of thiazole rings is 1. The molecule has 0 atom stereocenters. The molecule has 152 valence electrons. The van der Waals surface area contributed by atoms with Crippen LogP contribution >= 0.6 is 23.1 Å². The van der Waals surface area contributed by atoms with Crippen molar-refractivity contribution in [3.63, 3.8) is 0 Å². The molecule has 0 bridgehead atoms. The molecule has 0 unspecified atom stereocenters. The van der Waals surface area contributed by atoms with Gasteiger partial charge in [-0.15, -0.1) is 21.5 Å². The molecule has 2 aromatic heterocycles. The number of carbonyl (C=O) groups is 1.